The van der Waals surface area contributed by atoms with Gasteiger partial charge in [0.2, 0.25) is 0 Å². The summed E-state index contributed by atoms with van der Waals surface area (Å²) in [7, 11) is 0. The van der Waals surface area contributed by atoms with Crippen LogP contribution in [-0.4, -0.2) is 47.5 Å². The van der Waals surface area contributed by atoms with E-state index >= 15 is 0 Å². The summed E-state index contributed by atoms with van der Waals surface area (Å²) < 4.78 is 5.96. The molecule has 1 aliphatic carbocycles. The van der Waals surface area contributed by atoms with Crippen LogP contribution in [-0.2, 0) is 4.74 Å². The van der Waals surface area contributed by atoms with Crippen molar-refractivity contribution in [3.8, 4) is 0 Å². The first-order valence-electron chi connectivity index (χ1n) is 11.0. The number of hydrogen-bond acceptors (Lipinski definition) is 5. The quantitative estimate of drug-likeness (QED) is 0.574. The number of rotatable bonds is 7. The molecule has 0 amide bonds. The number of nitrogens with one attached hydrogen (secondary N) is 2. The van der Waals surface area contributed by atoms with E-state index in [1.807, 2.05) is 13.0 Å². The summed E-state index contributed by atoms with van der Waals surface area (Å²) in [5.41, 5.74) is 2.09. The van der Waals surface area contributed by atoms with Gasteiger partial charge >= 0.3 is 0 Å². The maximum Gasteiger partial charge on any atom is 0.188 e. The van der Waals surface area contributed by atoms with E-state index in [0.717, 1.165) is 57.4 Å². The Morgan fingerprint density at radius 2 is 1.93 bits per heavy atom. The fraction of sp³-hybridized carbons (Fsp3) is 0.727. The summed E-state index contributed by atoms with van der Waals surface area (Å²) in [5, 5.41) is 24.1. The van der Waals surface area contributed by atoms with Crippen molar-refractivity contribution in [2.75, 3.05) is 25.0 Å². The molecule has 1 unspecified atom stereocenters. The number of anilines is 1. The summed E-state index contributed by atoms with van der Waals surface area (Å²) in [4.78, 5) is 2.65. The Bertz CT molecular complexity index is 670. The topological polar surface area (TPSA) is 72.2 Å². The summed E-state index contributed by atoms with van der Waals surface area (Å²) in [5.74, 6) is 0. The maximum absolute atomic E-state index is 11.6. The van der Waals surface area contributed by atoms with Gasteiger partial charge in [-0.2, -0.15) is 5.23 Å². The highest BCUT2D eigenvalue weighted by Crippen LogP contribution is 2.37. The van der Waals surface area contributed by atoms with Gasteiger partial charge in [-0.15, -0.1) is 0 Å². The number of aryl methyl sites for hydroxylation is 1. The number of hydrogen-bond donors (Lipinski definition) is 3. The predicted octanol–water partition coefficient (Wildman–Crippen LogP) is 4.06. The summed E-state index contributed by atoms with van der Waals surface area (Å²) in [6.07, 6.45) is 8.26. The van der Waals surface area contributed by atoms with Gasteiger partial charge in [0.15, 0.2) is 5.69 Å². The molecule has 1 saturated carbocycles. The van der Waals surface area contributed by atoms with Crippen LogP contribution in [0.3, 0.4) is 0 Å². The molecule has 2 aliphatic rings. The Labute approximate surface area is 179 Å². The van der Waals surface area contributed by atoms with Gasteiger partial charge in [0.1, 0.15) is 5.69 Å². The van der Waals surface area contributed by atoms with Gasteiger partial charge < -0.3 is 15.3 Å². The van der Waals surface area contributed by atoms with Gasteiger partial charge in [0, 0.05) is 42.4 Å². The van der Waals surface area contributed by atoms with E-state index in [-0.39, 0.29) is 17.3 Å². The normalized spacial score (nSPS) is 27.7. The van der Waals surface area contributed by atoms with Crippen LogP contribution >= 0.6 is 11.6 Å². The highest BCUT2D eigenvalue weighted by atomic mass is 35.5. The van der Waals surface area contributed by atoms with Crippen molar-refractivity contribution in [2.24, 2.45) is 0 Å². The zero-order valence-corrected chi connectivity index (χ0v) is 18.7. The monoisotopic (exact) mass is 425 g/mol. The highest BCUT2D eigenvalue weighted by Gasteiger charge is 2.38. The van der Waals surface area contributed by atoms with Crippen LogP contribution in [0.1, 0.15) is 64.4 Å². The zero-order chi connectivity index (χ0) is 21.0. The van der Waals surface area contributed by atoms with Crippen LogP contribution in [0.2, 0.25) is 5.02 Å². The van der Waals surface area contributed by atoms with Gasteiger partial charge in [-0.1, -0.05) is 18.5 Å². The fourth-order valence-electron chi connectivity index (χ4n) is 4.74. The Morgan fingerprint density at radius 1 is 1.28 bits per heavy atom. The first-order valence-corrected chi connectivity index (χ1v) is 11.4. The molecule has 0 bridgehead atoms. The smallest absolute Gasteiger partial charge is 0.188 e. The molecule has 1 saturated heterocycles. The van der Waals surface area contributed by atoms with Crippen molar-refractivity contribution in [1.29, 1.82) is 0 Å². The van der Waals surface area contributed by atoms with Crippen LogP contribution in [0.25, 0.3) is 0 Å². The Morgan fingerprint density at radius 3 is 2.52 bits per heavy atom. The molecule has 1 heterocycles. The number of quaternary nitrogens is 1. The Balaban J connectivity index is 1.54. The van der Waals surface area contributed by atoms with Gasteiger partial charge in [0.05, 0.1) is 6.10 Å². The van der Waals surface area contributed by atoms with E-state index in [4.69, 9.17) is 16.3 Å². The largest absolute Gasteiger partial charge is 0.595 e. The molecule has 7 heteroatoms. The Hall–Kier alpha value is -0.890. The standard InChI is InChI=1S/C22H36ClN3O3/c1-4-13-29-18-5-9-22(3,10-6-18)25-11-7-17(8-12-25)24-20-14-16(2)19(23)15-21(20)26(27)28/h14-15,17-18,24,26-27H,4-13H2,1-3H3. The molecule has 3 N–H and O–H groups in total. The van der Waals surface area contributed by atoms with E-state index in [1.54, 1.807) is 6.07 Å². The van der Waals surface area contributed by atoms with Crippen LogP contribution in [0.4, 0.5) is 11.4 Å². The first kappa shape index (κ1) is 22.8. The van der Waals surface area contributed by atoms with Crippen molar-refractivity contribution in [2.45, 2.75) is 83.4 Å². The second-order valence-electron chi connectivity index (χ2n) is 8.92. The van der Waals surface area contributed by atoms with Crippen LogP contribution in [0, 0.1) is 12.1 Å². The molecule has 3 rings (SSSR count). The van der Waals surface area contributed by atoms with Crippen LogP contribution in [0.15, 0.2) is 12.1 Å². The van der Waals surface area contributed by atoms with E-state index < -0.39 is 5.23 Å². The Kier molecular flexibility index (Phi) is 7.81. The number of ether oxygens (including phenoxy) is 1. The van der Waals surface area contributed by atoms with Gasteiger partial charge in [-0.3, -0.25) is 4.90 Å². The average Bonchev–Trinajstić information content (AvgIpc) is 2.70. The second-order valence-corrected chi connectivity index (χ2v) is 9.33. The molecule has 0 spiro atoms. The maximum atomic E-state index is 11.6. The van der Waals surface area contributed by atoms with Gasteiger partial charge in [-0.05, 0) is 70.4 Å². The number of likely N-dealkylation sites (tertiary alicyclic amines) is 1. The van der Waals surface area contributed by atoms with Crippen molar-refractivity contribution < 1.29 is 15.2 Å². The van der Waals surface area contributed by atoms with Crippen molar-refractivity contribution in [3.63, 3.8) is 0 Å². The molecule has 1 aromatic carbocycles. The molecule has 0 aromatic heterocycles. The molecule has 1 aliphatic heterocycles. The van der Waals surface area contributed by atoms with Gasteiger partial charge in [0.25, 0.3) is 0 Å². The van der Waals surface area contributed by atoms with Crippen LogP contribution in [0.5, 0.6) is 0 Å². The molecule has 6 nitrogen and oxygen atoms in total. The van der Waals surface area contributed by atoms with Crippen molar-refractivity contribution in [1.82, 2.24) is 4.90 Å². The molecular formula is C22H36ClN3O3. The van der Waals surface area contributed by atoms with E-state index in [9.17, 15) is 10.4 Å². The third-order valence-corrected chi connectivity index (χ3v) is 7.12. The molecule has 0 radical (unpaired) electrons. The zero-order valence-electron chi connectivity index (χ0n) is 18.0. The number of nitrogens with zero attached hydrogens (tertiary/aromatic N) is 1. The minimum absolute atomic E-state index is 0.250. The van der Waals surface area contributed by atoms with E-state index in [1.165, 1.54) is 12.8 Å². The van der Waals surface area contributed by atoms with Crippen LogP contribution < -0.4 is 10.5 Å². The predicted molar refractivity (Wildman–Crippen MR) is 117 cm³/mol. The first-order chi connectivity index (χ1) is 13.8. The number of benzene rings is 1. The highest BCUT2D eigenvalue weighted by molar-refractivity contribution is 6.31. The molecule has 29 heavy (non-hydrogen) atoms. The van der Waals surface area contributed by atoms with E-state index in [0.29, 0.717) is 16.8 Å². The fourth-order valence-corrected chi connectivity index (χ4v) is 4.91. The number of piperidine rings is 1. The molecule has 2 fully saturated rings. The molecule has 164 valence electrons. The lowest BCUT2D eigenvalue weighted by Crippen LogP contribution is -2.99. The summed E-state index contributed by atoms with van der Waals surface area (Å²) >= 11 is 6.12. The van der Waals surface area contributed by atoms with Crippen molar-refractivity contribution >= 4 is 23.0 Å². The summed E-state index contributed by atoms with van der Waals surface area (Å²) in [6, 6.07) is 3.70. The molecular weight excluding hydrogens is 390 g/mol. The van der Waals surface area contributed by atoms with Crippen molar-refractivity contribution in [3.05, 3.63) is 27.9 Å². The lowest BCUT2D eigenvalue weighted by molar-refractivity contribution is -0.990. The van der Waals surface area contributed by atoms with E-state index in [2.05, 4.69) is 24.1 Å². The lowest BCUT2D eigenvalue weighted by Gasteiger charge is -2.48. The second kappa shape index (κ2) is 9.94. The number of halogens is 1. The SMILES string of the molecule is CCCOC1CCC(C)(N2CCC(Nc3cc(C)c(Cl)cc3[NH+]([O-])O)CC2)CC1. The molecule has 1 atom stereocenters. The third kappa shape index (κ3) is 5.63. The molecule has 1 aromatic rings. The lowest BCUT2D eigenvalue weighted by atomic mass is 9.79. The summed E-state index contributed by atoms with van der Waals surface area (Å²) in [6.45, 7) is 9.44. The minimum atomic E-state index is -0.943. The minimum Gasteiger partial charge on any atom is -0.595 e. The third-order valence-electron chi connectivity index (χ3n) is 6.71. The van der Waals surface area contributed by atoms with Gasteiger partial charge in [-0.25, -0.2) is 5.21 Å². The average molecular weight is 426 g/mol.